The normalized spacial score (nSPS) is 27.2. The van der Waals surface area contributed by atoms with Crippen LogP contribution in [0.4, 0.5) is 0 Å². The summed E-state index contributed by atoms with van der Waals surface area (Å²) in [7, 11) is 0. The number of likely N-dealkylation sites (tertiary alicyclic amines) is 2. The van der Waals surface area contributed by atoms with Crippen LogP contribution in [0.15, 0.2) is 16.7 Å². The second kappa shape index (κ2) is 6.80. The molecule has 25 heavy (non-hydrogen) atoms. The van der Waals surface area contributed by atoms with Gasteiger partial charge in [0.1, 0.15) is 0 Å². The molecule has 3 fully saturated rings. The highest BCUT2D eigenvalue weighted by Gasteiger charge is 2.48. The third-order valence-corrected chi connectivity index (χ3v) is 5.69. The molecule has 0 spiro atoms. The summed E-state index contributed by atoms with van der Waals surface area (Å²) >= 11 is 0. The van der Waals surface area contributed by atoms with E-state index in [9.17, 15) is 9.59 Å². The predicted molar refractivity (Wildman–Crippen MR) is 90.3 cm³/mol. The zero-order valence-corrected chi connectivity index (χ0v) is 14.6. The van der Waals surface area contributed by atoms with E-state index < -0.39 is 0 Å². The number of hydrogen-bond donors (Lipinski definition) is 0. The molecule has 0 bridgehead atoms. The summed E-state index contributed by atoms with van der Waals surface area (Å²) in [6.07, 6.45) is 2.83. The highest BCUT2D eigenvalue weighted by Crippen LogP contribution is 2.33. The molecule has 0 N–H and O–H groups in total. The number of aryl methyl sites for hydroxylation is 1. The van der Waals surface area contributed by atoms with Gasteiger partial charge in [-0.25, -0.2) is 0 Å². The molecular weight excluding hydrogens is 322 g/mol. The fourth-order valence-corrected chi connectivity index (χ4v) is 4.27. The Hall–Kier alpha value is -1.86. The molecule has 0 unspecified atom stereocenters. The molecule has 4 heterocycles. The Morgan fingerprint density at radius 1 is 1.20 bits per heavy atom. The molecule has 3 saturated heterocycles. The van der Waals surface area contributed by atoms with Crippen LogP contribution >= 0.6 is 0 Å². The van der Waals surface area contributed by atoms with Crippen LogP contribution in [0.5, 0.6) is 0 Å². The summed E-state index contributed by atoms with van der Waals surface area (Å²) in [4.78, 5) is 31.4. The first-order chi connectivity index (χ1) is 12.1. The summed E-state index contributed by atoms with van der Waals surface area (Å²) in [6.45, 7) is 7.58. The van der Waals surface area contributed by atoms with Crippen LogP contribution < -0.4 is 0 Å². The molecule has 0 aromatic carbocycles. The van der Waals surface area contributed by atoms with Gasteiger partial charge in [0.05, 0.1) is 31.6 Å². The molecule has 3 aliphatic rings. The number of carbonyl (C=O) groups is 2. The minimum Gasteiger partial charge on any atom is -0.459 e. The maximum Gasteiger partial charge on any atom is 0.290 e. The lowest BCUT2D eigenvalue weighted by molar-refractivity contribution is -0.129. The number of nitrogens with zero attached hydrogens (tertiary/aromatic N) is 3. The lowest BCUT2D eigenvalue weighted by Gasteiger charge is -2.30. The zero-order valence-electron chi connectivity index (χ0n) is 14.6. The second-order valence-corrected chi connectivity index (χ2v) is 7.10. The Balaban J connectivity index is 1.40. The summed E-state index contributed by atoms with van der Waals surface area (Å²) < 4.78 is 10.7. The van der Waals surface area contributed by atoms with Gasteiger partial charge in [-0.05, 0) is 19.4 Å². The van der Waals surface area contributed by atoms with Crippen molar-refractivity contribution in [3.63, 3.8) is 0 Å². The van der Waals surface area contributed by atoms with Crippen LogP contribution in [0.2, 0.25) is 0 Å². The third kappa shape index (κ3) is 3.06. The molecule has 1 aromatic rings. The van der Waals surface area contributed by atoms with Gasteiger partial charge in [-0.15, -0.1) is 0 Å². The Bertz CT molecular complexity index is 653. The van der Waals surface area contributed by atoms with Crippen LogP contribution in [-0.4, -0.2) is 84.5 Å². The third-order valence-electron chi connectivity index (χ3n) is 5.69. The lowest BCUT2D eigenvalue weighted by atomic mass is 10.1. The second-order valence-electron chi connectivity index (χ2n) is 7.10. The van der Waals surface area contributed by atoms with E-state index in [1.54, 1.807) is 12.3 Å². The van der Waals surface area contributed by atoms with E-state index in [0.717, 1.165) is 51.4 Å². The number of rotatable bonds is 4. The van der Waals surface area contributed by atoms with Gasteiger partial charge in [-0.2, -0.15) is 0 Å². The number of morpholine rings is 1. The summed E-state index contributed by atoms with van der Waals surface area (Å²) in [5.74, 6) is 0.481. The Labute approximate surface area is 147 Å². The molecule has 1 aromatic heterocycles. The van der Waals surface area contributed by atoms with E-state index in [0.29, 0.717) is 18.7 Å². The molecule has 3 aliphatic heterocycles. The summed E-state index contributed by atoms with van der Waals surface area (Å²) in [6, 6.07) is 1.93. The van der Waals surface area contributed by atoms with Gasteiger partial charge in [-0.1, -0.05) is 0 Å². The number of hydrogen-bond acceptors (Lipinski definition) is 5. The maximum atomic E-state index is 12.8. The first-order valence-corrected chi connectivity index (χ1v) is 9.10. The summed E-state index contributed by atoms with van der Waals surface area (Å²) in [5, 5.41) is 0. The molecular formula is C18H25N3O4. The molecule has 136 valence electrons. The van der Waals surface area contributed by atoms with E-state index in [1.807, 2.05) is 16.7 Å². The standard InChI is InChI=1S/C18H25N3O4/c1-13-3-9-25-17(13)18(23)21-4-2-14-15(21)12-16(22)20(14)6-5-19-7-10-24-11-8-19/h3,9,14-15H,2,4-8,10-12H2,1H3/t14-,15+/m1/s1. The molecule has 0 aliphatic carbocycles. The quantitative estimate of drug-likeness (QED) is 0.804. The summed E-state index contributed by atoms with van der Waals surface area (Å²) in [5.41, 5.74) is 0.849. The number of furan rings is 1. The topological polar surface area (TPSA) is 66.2 Å². The van der Waals surface area contributed by atoms with Crippen LogP contribution in [0.25, 0.3) is 0 Å². The molecule has 4 rings (SSSR count). The van der Waals surface area contributed by atoms with Crippen molar-refractivity contribution in [2.24, 2.45) is 0 Å². The Morgan fingerprint density at radius 3 is 2.72 bits per heavy atom. The molecule has 0 radical (unpaired) electrons. The number of ether oxygens (including phenoxy) is 1. The first kappa shape index (κ1) is 16.6. The first-order valence-electron chi connectivity index (χ1n) is 9.10. The fraction of sp³-hybridized carbons (Fsp3) is 0.667. The van der Waals surface area contributed by atoms with Crippen LogP contribution in [0.1, 0.15) is 29.0 Å². The van der Waals surface area contributed by atoms with Gasteiger partial charge >= 0.3 is 0 Å². The van der Waals surface area contributed by atoms with Crippen molar-refractivity contribution >= 4 is 11.8 Å². The Morgan fingerprint density at radius 2 is 2.00 bits per heavy atom. The van der Waals surface area contributed by atoms with Gasteiger partial charge < -0.3 is 19.0 Å². The number of fused-ring (bicyclic) bond motifs is 1. The van der Waals surface area contributed by atoms with Crippen molar-refractivity contribution in [1.29, 1.82) is 0 Å². The monoisotopic (exact) mass is 347 g/mol. The lowest BCUT2D eigenvalue weighted by Crippen LogP contribution is -2.45. The van der Waals surface area contributed by atoms with E-state index >= 15 is 0 Å². The minimum absolute atomic E-state index is 0.0193. The van der Waals surface area contributed by atoms with Crippen LogP contribution in [-0.2, 0) is 9.53 Å². The van der Waals surface area contributed by atoms with Gasteiger partial charge in [0.15, 0.2) is 5.76 Å². The highest BCUT2D eigenvalue weighted by molar-refractivity contribution is 5.94. The van der Waals surface area contributed by atoms with Crippen molar-refractivity contribution in [1.82, 2.24) is 14.7 Å². The average Bonchev–Trinajstić information content (AvgIpc) is 3.29. The van der Waals surface area contributed by atoms with E-state index in [1.165, 1.54) is 0 Å². The molecule has 7 heteroatoms. The van der Waals surface area contributed by atoms with Crippen molar-refractivity contribution in [2.45, 2.75) is 31.8 Å². The van der Waals surface area contributed by atoms with E-state index in [2.05, 4.69) is 4.90 Å². The molecule has 0 saturated carbocycles. The number of amides is 2. The Kier molecular flexibility index (Phi) is 4.52. The fourth-order valence-electron chi connectivity index (χ4n) is 4.27. The van der Waals surface area contributed by atoms with Gasteiger partial charge in [-0.3, -0.25) is 14.5 Å². The van der Waals surface area contributed by atoms with Crippen molar-refractivity contribution in [3.05, 3.63) is 23.7 Å². The maximum absolute atomic E-state index is 12.8. The highest BCUT2D eigenvalue weighted by atomic mass is 16.5. The number of carbonyl (C=O) groups excluding carboxylic acids is 2. The van der Waals surface area contributed by atoms with Gasteiger partial charge in [0.2, 0.25) is 5.91 Å². The average molecular weight is 347 g/mol. The SMILES string of the molecule is Cc1ccoc1C(=O)N1CC[C@@H]2[C@@H]1CC(=O)N2CCN1CCOCC1. The largest absolute Gasteiger partial charge is 0.459 e. The van der Waals surface area contributed by atoms with Crippen molar-refractivity contribution in [2.75, 3.05) is 45.9 Å². The van der Waals surface area contributed by atoms with Crippen molar-refractivity contribution < 1.29 is 18.7 Å². The van der Waals surface area contributed by atoms with E-state index in [-0.39, 0.29) is 23.9 Å². The van der Waals surface area contributed by atoms with Gasteiger partial charge in [0, 0.05) is 44.7 Å². The van der Waals surface area contributed by atoms with Crippen LogP contribution in [0.3, 0.4) is 0 Å². The van der Waals surface area contributed by atoms with Crippen molar-refractivity contribution in [3.8, 4) is 0 Å². The van der Waals surface area contributed by atoms with Gasteiger partial charge in [0.25, 0.3) is 5.91 Å². The van der Waals surface area contributed by atoms with Crippen LogP contribution in [0, 0.1) is 6.92 Å². The van der Waals surface area contributed by atoms with E-state index in [4.69, 9.17) is 9.15 Å². The predicted octanol–water partition coefficient (Wildman–Crippen LogP) is 0.736. The smallest absolute Gasteiger partial charge is 0.290 e. The minimum atomic E-state index is -0.0853. The zero-order chi connectivity index (χ0) is 17.4. The molecule has 2 atom stereocenters. The molecule has 2 amide bonds. The molecule has 7 nitrogen and oxygen atoms in total.